The first-order valence-electron chi connectivity index (χ1n) is 6.36. The lowest BCUT2D eigenvalue weighted by molar-refractivity contribution is 0.261. The largest absolute Gasteiger partial charge is 0.379 e. The number of H-pyrrole nitrogens is 1. The maximum absolute atomic E-state index is 4.23. The molecule has 16 heavy (non-hydrogen) atoms. The highest BCUT2D eigenvalue weighted by Gasteiger charge is 2.25. The molecule has 3 heteroatoms. The van der Waals surface area contributed by atoms with Crippen molar-refractivity contribution in [1.29, 1.82) is 0 Å². The molecule has 0 radical (unpaired) electrons. The van der Waals surface area contributed by atoms with Crippen molar-refractivity contribution in [3.8, 4) is 0 Å². The lowest BCUT2D eigenvalue weighted by Gasteiger charge is -2.33. The van der Waals surface area contributed by atoms with Crippen LogP contribution in [0.3, 0.4) is 0 Å². The van der Waals surface area contributed by atoms with Gasteiger partial charge in [-0.05, 0) is 44.9 Å². The van der Waals surface area contributed by atoms with Crippen molar-refractivity contribution < 1.29 is 0 Å². The van der Waals surface area contributed by atoms with Crippen molar-refractivity contribution >= 4 is 5.69 Å². The highest BCUT2D eigenvalue weighted by atomic mass is 15.2. The predicted octanol–water partition coefficient (Wildman–Crippen LogP) is 3.26. The Hall–Kier alpha value is -0.990. The number of rotatable bonds is 2. The number of aromatic amines is 1. The molecule has 1 aliphatic rings. The monoisotopic (exact) mass is 221 g/mol. The molecule has 2 rings (SSSR count). The topological polar surface area (TPSA) is 40.7 Å². The van der Waals surface area contributed by atoms with E-state index in [2.05, 4.69) is 43.2 Å². The molecule has 0 aliphatic heterocycles. The Morgan fingerprint density at radius 1 is 1.19 bits per heavy atom. The molecule has 2 N–H and O–H groups in total. The van der Waals surface area contributed by atoms with Gasteiger partial charge in [-0.25, -0.2) is 0 Å². The van der Waals surface area contributed by atoms with E-state index in [0.29, 0.717) is 6.04 Å². The van der Waals surface area contributed by atoms with E-state index in [1.165, 1.54) is 24.9 Å². The molecule has 90 valence electrons. The van der Waals surface area contributed by atoms with Crippen LogP contribution in [-0.4, -0.2) is 16.2 Å². The third kappa shape index (κ3) is 2.23. The fourth-order valence-electron chi connectivity index (χ4n) is 2.65. The van der Waals surface area contributed by atoms with Crippen LogP contribution in [0.4, 0.5) is 5.69 Å². The quantitative estimate of drug-likeness (QED) is 0.804. The first-order valence-corrected chi connectivity index (χ1v) is 6.36. The van der Waals surface area contributed by atoms with E-state index in [4.69, 9.17) is 0 Å². The van der Waals surface area contributed by atoms with Gasteiger partial charge in [-0.3, -0.25) is 5.10 Å². The van der Waals surface area contributed by atoms with Gasteiger partial charge in [0.05, 0.1) is 17.1 Å². The van der Waals surface area contributed by atoms with Gasteiger partial charge >= 0.3 is 0 Å². The molecule has 1 heterocycles. The van der Waals surface area contributed by atoms with E-state index in [-0.39, 0.29) is 0 Å². The van der Waals surface area contributed by atoms with Gasteiger partial charge in [-0.1, -0.05) is 13.8 Å². The van der Waals surface area contributed by atoms with Crippen molar-refractivity contribution in [1.82, 2.24) is 10.2 Å². The minimum absolute atomic E-state index is 0.626. The van der Waals surface area contributed by atoms with Crippen LogP contribution in [0, 0.1) is 25.7 Å². The fraction of sp³-hybridized carbons (Fsp3) is 0.769. The highest BCUT2D eigenvalue weighted by molar-refractivity contribution is 5.52. The molecule has 0 amide bonds. The number of hydrogen-bond donors (Lipinski definition) is 2. The van der Waals surface area contributed by atoms with Gasteiger partial charge in [0, 0.05) is 6.04 Å². The van der Waals surface area contributed by atoms with E-state index in [1.807, 2.05) is 0 Å². The molecule has 1 saturated carbocycles. The van der Waals surface area contributed by atoms with Gasteiger partial charge in [0.25, 0.3) is 0 Å². The zero-order chi connectivity index (χ0) is 11.7. The van der Waals surface area contributed by atoms with Crippen molar-refractivity contribution in [2.45, 2.75) is 53.0 Å². The number of anilines is 1. The minimum Gasteiger partial charge on any atom is -0.379 e. The Balaban J connectivity index is 2.00. The minimum atomic E-state index is 0.626. The maximum Gasteiger partial charge on any atom is 0.0825 e. The Kier molecular flexibility index (Phi) is 3.22. The molecular formula is C13H23N3. The zero-order valence-electron chi connectivity index (χ0n) is 10.8. The molecule has 0 spiro atoms. The number of nitrogens with one attached hydrogen (secondary N) is 2. The highest BCUT2D eigenvalue weighted by Crippen LogP contribution is 2.31. The predicted molar refractivity (Wildman–Crippen MR) is 67.7 cm³/mol. The van der Waals surface area contributed by atoms with Crippen molar-refractivity contribution in [2.24, 2.45) is 11.8 Å². The summed E-state index contributed by atoms with van der Waals surface area (Å²) in [5, 5.41) is 10.9. The summed E-state index contributed by atoms with van der Waals surface area (Å²) in [6.45, 7) is 8.88. The van der Waals surface area contributed by atoms with E-state index < -0.39 is 0 Å². The first kappa shape index (κ1) is 11.5. The Labute approximate surface area is 98.0 Å². The molecule has 1 aromatic heterocycles. The molecule has 1 aromatic rings. The summed E-state index contributed by atoms with van der Waals surface area (Å²) in [6.07, 6.45) is 3.91. The molecule has 0 saturated heterocycles. The van der Waals surface area contributed by atoms with Crippen LogP contribution in [0.25, 0.3) is 0 Å². The second-order valence-corrected chi connectivity index (χ2v) is 5.42. The molecule has 1 fully saturated rings. The van der Waals surface area contributed by atoms with Crippen LogP contribution in [0.5, 0.6) is 0 Å². The smallest absolute Gasteiger partial charge is 0.0825 e. The molecule has 3 atom stereocenters. The SMILES string of the molecule is Cc1n[nH]c(C)c1NC1CCC(C)C(C)C1. The number of aryl methyl sites for hydroxylation is 2. The van der Waals surface area contributed by atoms with Gasteiger partial charge < -0.3 is 5.32 Å². The summed E-state index contributed by atoms with van der Waals surface area (Å²) in [5.41, 5.74) is 3.46. The maximum atomic E-state index is 4.23. The number of hydrogen-bond acceptors (Lipinski definition) is 2. The zero-order valence-corrected chi connectivity index (χ0v) is 10.8. The Bertz CT molecular complexity index is 337. The van der Waals surface area contributed by atoms with E-state index in [1.54, 1.807) is 0 Å². The summed E-state index contributed by atoms with van der Waals surface area (Å²) < 4.78 is 0. The molecular weight excluding hydrogens is 198 g/mol. The van der Waals surface area contributed by atoms with Crippen molar-refractivity contribution in [3.63, 3.8) is 0 Å². The summed E-state index contributed by atoms with van der Waals surface area (Å²) >= 11 is 0. The summed E-state index contributed by atoms with van der Waals surface area (Å²) in [4.78, 5) is 0. The van der Waals surface area contributed by atoms with E-state index in [9.17, 15) is 0 Å². The normalized spacial score (nSPS) is 30.4. The van der Waals surface area contributed by atoms with Crippen LogP contribution >= 0.6 is 0 Å². The summed E-state index contributed by atoms with van der Waals surface area (Å²) in [5.74, 6) is 1.71. The standard InChI is InChI=1S/C13H23N3/c1-8-5-6-12(7-9(8)2)14-13-10(3)15-16-11(13)4/h8-9,12,14H,5-7H2,1-4H3,(H,15,16). The molecule has 0 bridgehead atoms. The van der Waals surface area contributed by atoms with Gasteiger partial charge in [0.1, 0.15) is 0 Å². The van der Waals surface area contributed by atoms with Crippen LogP contribution in [0.2, 0.25) is 0 Å². The van der Waals surface area contributed by atoms with Crippen LogP contribution < -0.4 is 5.32 Å². The first-order chi connectivity index (χ1) is 7.58. The van der Waals surface area contributed by atoms with E-state index >= 15 is 0 Å². The van der Waals surface area contributed by atoms with Gasteiger partial charge in [-0.2, -0.15) is 5.10 Å². The lowest BCUT2D eigenvalue weighted by atomic mass is 9.79. The van der Waals surface area contributed by atoms with Crippen LogP contribution in [0.1, 0.15) is 44.5 Å². The summed E-state index contributed by atoms with van der Waals surface area (Å²) in [7, 11) is 0. The third-order valence-electron chi connectivity index (χ3n) is 4.07. The van der Waals surface area contributed by atoms with Gasteiger partial charge in [0.2, 0.25) is 0 Å². The molecule has 3 nitrogen and oxygen atoms in total. The van der Waals surface area contributed by atoms with E-state index in [0.717, 1.165) is 23.2 Å². The molecule has 1 aliphatic carbocycles. The fourth-order valence-corrected chi connectivity index (χ4v) is 2.65. The lowest BCUT2D eigenvalue weighted by Crippen LogP contribution is -2.30. The molecule has 3 unspecified atom stereocenters. The second-order valence-electron chi connectivity index (χ2n) is 5.42. The van der Waals surface area contributed by atoms with Gasteiger partial charge in [0.15, 0.2) is 0 Å². The average Bonchev–Trinajstić information content (AvgIpc) is 2.55. The van der Waals surface area contributed by atoms with Gasteiger partial charge in [-0.15, -0.1) is 0 Å². The molecule has 0 aromatic carbocycles. The van der Waals surface area contributed by atoms with Crippen molar-refractivity contribution in [2.75, 3.05) is 5.32 Å². The summed E-state index contributed by atoms with van der Waals surface area (Å²) in [6, 6.07) is 0.626. The second kappa shape index (κ2) is 4.48. The number of nitrogens with zero attached hydrogens (tertiary/aromatic N) is 1. The van der Waals surface area contributed by atoms with Crippen LogP contribution in [-0.2, 0) is 0 Å². The Morgan fingerprint density at radius 3 is 2.50 bits per heavy atom. The Morgan fingerprint density at radius 2 is 1.94 bits per heavy atom. The average molecular weight is 221 g/mol. The van der Waals surface area contributed by atoms with Crippen LogP contribution in [0.15, 0.2) is 0 Å². The third-order valence-corrected chi connectivity index (χ3v) is 4.07. The number of aromatic nitrogens is 2. The van der Waals surface area contributed by atoms with Crippen molar-refractivity contribution in [3.05, 3.63) is 11.4 Å².